The highest BCUT2D eigenvalue weighted by Crippen LogP contribution is 2.45. The van der Waals surface area contributed by atoms with Crippen molar-refractivity contribution < 1.29 is 13.2 Å². The Bertz CT molecular complexity index is 1410. The summed E-state index contributed by atoms with van der Waals surface area (Å²) in [6.45, 7) is 2.37. The first kappa shape index (κ1) is 23.6. The van der Waals surface area contributed by atoms with Gasteiger partial charge in [0.15, 0.2) is 0 Å². The molecule has 2 saturated carbocycles. The molecule has 0 aromatic carbocycles. The number of aryl methyl sites for hydroxylation is 3. The first-order valence-corrected chi connectivity index (χ1v) is 14.7. The molecule has 3 aromatic rings. The molecular weight excluding hydrogens is 500 g/mol. The van der Waals surface area contributed by atoms with Gasteiger partial charge in [0, 0.05) is 36.5 Å². The van der Waals surface area contributed by atoms with Crippen LogP contribution < -0.4 is 15.4 Å². The van der Waals surface area contributed by atoms with Gasteiger partial charge in [-0.1, -0.05) is 0 Å². The van der Waals surface area contributed by atoms with Crippen LogP contribution in [-0.2, 0) is 34.7 Å². The number of carbonyl (C=O) groups is 1. The topological polar surface area (TPSA) is 136 Å². The minimum absolute atomic E-state index is 0.00634. The van der Waals surface area contributed by atoms with Crippen molar-refractivity contribution in [1.82, 2.24) is 29.3 Å². The van der Waals surface area contributed by atoms with Crippen molar-refractivity contribution in [3.63, 3.8) is 0 Å². The van der Waals surface area contributed by atoms with E-state index in [0.29, 0.717) is 29.8 Å². The summed E-state index contributed by atoms with van der Waals surface area (Å²) in [4.78, 5) is 13.9. The zero-order chi connectivity index (χ0) is 25.0. The molecule has 192 valence electrons. The van der Waals surface area contributed by atoms with E-state index in [4.69, 9.17) is 0 Å². The van der Waals surface area contributed by atoms with Gasteiger partial charge in [0.05, 0.1) is 5.69 Å². The van der Waals surface area contributed by atoms with Gasteiger partial charge in [0.25, 0.3) is 0 Å². The van der Waals surface area contributed by atoms with E-state index >= 15 is 0 Å². The van der Waals surface area contributed by atoms with E-state index < -0.39 is 10.0 Å². The van der Waals surface area contributed by atoms with E-state index in [-0.39, 0.29) is 22.8 Å². The van der Waals surface area contributed by atoms with Crippen LogP contribution in [0.1, 0.15) is 54.3 Å². The molecule has 1 amide bonds. The van der Waals surface area contributed by atoms with Gasteiger partial charge in [-0.25, -0.2) is 13.1 Å². The lowest BCUT2D eigenvalue weighted by molar-refractivity contribution is -0.117. The predicted molar refractivity (Wildman–Crippen MR) is 136 cm³/mol. The maximum atomic E-state index is 13.5. The number of anilines is 3. The summed E-state index contributed by atoms with van der Waals surface area (Å²) in [6, 6.07) is 1.91. The van der Waals surface area contributed by atoms with Crippen molar-refractivity contribution >= 4 is 44.0 Å². The molecule has 0 radical (unpaired) electrons. The fraction of sp³-hybridized carbons (Fsp3) is 0.565. The minimum atomic E-state index is -3.77. The van der Waals surface area contributed by atoms with Gasteiger partial charge in [0.1, 0.15) is 22.0 Å². The number of nitrogens with zero attached hydrogens (tertiary/aromatic N) is 5. The van der Waals surface area contributed by atoms with Gasteiger partial charge in [-0.3, -0.25) is 14.0 Å². The summed E-state index contributed by atoms with van der Waals surface area (Å²) in [6.07, 6.45) is 7.56. The maximum Gasteiger partial charge on any atom is 0.243 e. The van der Waals surface area contributed by atoms with Crippen molar-refractivity contribution in [1.29, 1.82) is 0 Å². The zero-order valence-electron chi connectivity index (χ0n) is 20.3. The lowest BCUT2D eigenvalue weighted by Crippen LogP contribution is -2.28. The molecule has 3 aromatic heterocycles. The van der Waals surface area contributed by atoms with Gasteiger partial charge in [-0.2, -0.15) is 5.10 Å². The summed E-state index contributed by atoms with van der Waals surface area (Å²) < 4.78 is 33.6. The minimum Gasteiger partial charge on any atom is -0.316 e. The Hall–Kier alpha value is -2.77. The number of sulfonamides is 1. The van der Waals surface area contributed by atoms with Crippen LogP contribution in [0.4, 0.5) is 16.8 Å². The number of nitrogens with one attached hydrogen (secondary N) is 3. The molecule has 6 rings (SSSR count). The molecule has 3 heterocycles. The van der Waals surface area contributed by atoms with Gasteiger partial charge < -0.3 is 10.6 Å². The van der Waals surface area contributed by atoms with E-state index in [9.17, 15) is 13.2 Å². The normalized spacial score (nSPS) is 19.8. The van der Waals surface area contributed by atoms with Crippen molar-refractivity contribution in [2.24, 2.45) is 18.9 Å². The first-order chi connectivity index (χ1) is 17.3. The fourth-order valence-corrected chi connectivity index (χ4v) is 7.85. The van der Waals surface area contributed by atoms with Gasteiger partial charge >= 0.3 is 0 Å². The molecule has 11 nitrogen and oxygen atoms in total. The Morgan fingerprint density at radius 1 is 1.22 bits per heavy atom. The summed E-state index contributed by atoms with van der Waals surface area (Å²) in [5, 5.41) is 19.5. The lowest BCUT2D eigenvalue weighted by Gasteiger charge is -2.25. The monoisotopic (exact) mass is 530 g/mol. The van der Waals surface area contributed by atoms with Crippen LogP contribution in [-0.4, -0.2) is 45.4 Å². The number of hydrogen-bond donors (Lipinski definition) is 3. The van der Waals surface area contributed by atoms with Gasteiger partial charge in [-0.05, 0) is 63.4 Å². The van der Waals surface area contributed by atoms with Crippen molar-refractivity contribution in [3.8, 4) is 0 Å². The largest absolute Gasteiger partial charge is 0.316 e. The summed E-state index contributed by atoms with van der Waals surface area (Å²) >= 11 is 1.40. The molecule has 2 fully saturated rings. The molecule has 0 saturated heterocycles. The second-order valence-corrected chi connectivity index (χ2v) is 12.9. The maximum absolute atomic E-state index is 13.5. The molecule has 36 heavy (non-hydrogen) atoms. The molecule has 13 heteroatoms. The molecule has 3 aliphatic carbocycles. The fourth-order valence-electron chi connectivity index (χ4n) is 4.77. The molecule has 0 bridgehead atoms. The van der Waals surface area contributed by atoms with Gasteiger partial charge in [0.2, 0.25) is 21.9 Å². The third kappa shape index (κ3) is 4.66. The van der Waals surface area contributed by atoms with Crippen LogP contribution in [0.15, 0.2) is 17.3 Å². The second-order valence-electron chi connectivity index (χ2n) is 10.1. The predicted octanol–water partition coefficient (Wildman–Crippen LogP) is 2.89. The van der Waals surface area contributed by atoms with E-state index in [1.165, 1.54) is 11.3 Å². The SMILES string of the molecule is Cc1cc(Nc2nncn2[C@H]2CCc3sc(NC(=O)C4CC4)c(S(=O)(=O)NCC4CC4)c3C2)n(C)n1. The number of aromatic nitrogens is 5. The molecule has 0 unspecified atom stereocenters. The number of hydrogen-bond acceptors (Lipinski definition) is 8. The Labute approximate surface area is 213 Å². The lowest BCUT2D eigenvalue weighted by atomic mass is 9.94. The Balaban J connectivity index is 1.31. The average Bonchev–Trinajstić information content (AvgIpc) is 3.74. The number of amides is 1. The summed E-state index contributed by atoms with van der Waals surface area (Å²) in [5.41, 5.74) is 1.68. The zero-order valence-corrected chi connectivity index (χ0v) is 22.0. The van der Waals surface area contributed by atoms with Gasteiger partial charge in [-0.15, -0.1) is 21.5 Å². The summed E-state index contributed by atoms with van der Waals surface area (Å²) in [7, 11) is -1.91. The van der Waals surface area contributed by atoms with Crippen LogP contribution in [0.3, 0.4) is 0 Å². The molecule has 0 aliphatic heterocycles. The van der Waals surface area contributed by atoms with Crippen LogP contribution in [0.5, 0.6) is 0 Å². The highest BCUT2D eigenvalue weighted by molar-refractivity contribution is 7.90. The quantitative estimate of drug-likeness (QED) is 0.387. The van der Waals surface area contributed by atoms with Crippen LogP contribution in [0.2, 0.25) is 0 Å². The van der Waals surface area contributed by atoms with Crippen molar-refractivity contribution in [2.45, 2.75) is 62.8 Å². The van der Waals surface area contributed by atoms with E-state index in [1.807, 2.05) is 24.6 Å². The third-order valence-electron chi connectivity index (χ3n) is 7.11. The van der Waals surface area contributed by atoms with E-state index in [0.717, 1.165) is 60.5 Å². The molecule has 1 atom stereocenters. The van der Waals surface area contributed by atoms with Crippen LogP contribution in [0, 0.1) is 18.8 Å². The van der Waals surface area contributed by atoms with Crippen molar-refractivity contribution in [2.75, 3.05) is 17.2 Å². The van der Waals surface area contributed by atoms with Crippen LogP contribution >= 0.6 is 11.3 Å². The molecular formula is C23H30N8O3S2. The first-order valence-electron chi connectivity index (χ1n) is 12.4. The smallest absolute Gasteiger partial charge is 0.243 e. The van der Waals surface area contributed by atoms with Crippen molar-refractivity contribution in [3.05, 3.63) is 28.5 Å². The Morgan fingerprint density at radius 2 is 2.03 bits per heavy atom. The highest BCUT2D eigenvalue weighted by atomic mass is 32.2. The molecule has 3 aliphatic rings. The number of fused-ring (bicyclic) bond motifs is 1. The van der Waals surface area contributed by atoms with Crippen LogP contribution in [0.25, 0.3) is 0 Å². The Morgan fingerprint density at radius 3 is 2.72 bits per heavy atom. The third-order valence-corrected chi connectivity index (χ3v) is 9.98. The number of rotatable bonds is 9. The second kappa shape index (κ2) is 8.96. The summed E-state index contributed by atoms with van der Waals surface area (Å²) in [5.74, 6) is 1.70. The average molecular weight is 531 g/mol. The Kier molecular flexibility index (Phi) is 5.88. The van der Waals surface area contributed by atoms with E-state index in [1.54, 1.807) is 11.0 Å². The highest BCUT2D eigenvalue weighted by Gasteiger charge is 2.37. The molecule has 3 N–H and O–H groups in total. The number of thiophene rings is 1. The van der Waals surface area contributed by atoms with E-state index in [2.05, 4.69) is 30.7 Å². The standard InChI is InChI=1S/C23H30N8O3S2/c1-13-9-19(30(2)29-13)26-23-28-24-12-31(23)16-7-8-18-17(10-16)20(36(33,34)25-11-14-3-4-14)22(35-18)27-21(32)15-5-6-15/h9,12,14-16,25H,3-8,10-11H2,1-2H3,(H,26,28)(H,27,32)/t16-/m0/s1. The molecule has 0 spiro atoms. The number of carbonyl (C=O) groups excluding carboxylic acids is 1.